The van der Waals surface area contributed by atoms with Crippen LogP contribution in [-0.2, 0) is 6.42 Å². The van der Waals surface area contributed by atoms with Crippen molar-refractivity contribution in [3.05, 3.63) is 23.1 Å². The largest absolute Gasteiger partial charge is 0.307 e. The van der Waals surface area contributed by atoms with Gasteiger partial charge in [0.15, 0.2) is 5.65 Å². The van der Waals surface area contributed by atoms with Gasteiger partial charge < -0.3 is 9.91 Å². The Balaban J connectivity index is 2.04. The van der Waals surface area contributed by atoms with Crippen molar-refractivity contribution < 1.29 is 0 Å². The number of imidazole rings is 1. The Morgan fingerprint density at radius 3 is 2.70 bits per heavy atom. The zero-order valence-electron chi connectivity index (χ0n) is 11.4. The molecule has 1 saturated heterocycles. The van der Waals surface area contributed by atoms with Gasteiger partial charge in [-0.25, -0.2) is 14.6 Å². The molecule has 7 heteroatoms. The molecule has 0 N–H and O–H groups in total. The average molecular weight is 314 g/mol. The van der Waals surface area contributed by atoms with Gasteiger partial charge in [-0.05, 0) is 13.1 Å². The van der Waals surface area contributed by atoms with E-state index in [9.17, 15) is 0 Å². The van der Waals surface area contributed by atoms with Crippen molar-refractivity contribution in [1.29, 1.82) is 0 Å². The minimum atomic E-state index is 0.546. The number of aromatic nitrogens is 3. The zero-order chi connectivity index (χ0) is 14.1. The van der Waals surface area contributed by atoms with E-state index in [1.165, 1.54) is 0 Å². The lowest BCUT2D eigenvalue weighted by molar-refractivity contribution is 0.287. The maximum absolute atomic E-state index is 6.00. The SMILES string of the molecule is CN1CCN(n2c(CCCl)nc3cc(Cl)cnc32)CC1. The number of hydrogen-bond acceptors (Lipinski definition) is 4. The molecule has 0 aromatic carbocycles. The third-order valence-corrected chi connectivity index (χ3v) is 3.98. The molecule has 0 radical (unpaired) electrons. The second-order valence-corrected chi connectivity index (χ2v) is 5.85. The number of hydrogen-bond donors (Lipinski definition) is 0. The van der Waals surface area contributed by atoms with Crippen LogP contribution in [0.5, 0.6) is 0 Å². The van der Waals surface area contributed by atoms with E-state index in [0.29, 0.717) is 10.9 Å². The molecule has 0 saturated carbocycles. The van der Waals surface area contributed by atoms with E-state index in [4.69, 9.17) is 23.2 Å². The third-order valence-electron chi connectivity index (χ3n) is 3.59. The van der Waals surface area contributed by atoms with Crippen LogP contribution in [-0.4, -0.2) is 58.7 Å². The molecular formula is C13H17Cl2N5. The number of pyridine rings is 1. The van der Waals surface area contributed by atoms with Crippen molar-refractivity contribution in [2.45, 2.75) is 6.42 Å². The van der Waals surface area contributed by atoms with Gasteiger partial charge in [0.05, 0.1) is 5.02 Å². The molecule has 1 aliphatic rings. The van der Waals surface area contributed by atoms with Gasteiger partial charge in [0.2, 0.25) is 0 Å². The summed E-state index contributed by atoms with van der Waals surface area (Å²) in [4.78, 5) is 11.4. The quantitative estimate of drug-likeness (QED) is 0.809. The summed E-state index contributed by atoms with van der Waals surface area (Å²) in [6.07, 6.45) is 2.39. The van der Waals surface area contributed by atoms with Crippen LogP contribution in [0.15, 0.2) is 12.3 Å². The topological polar surface area (TPSA) is 37.2 Å². The van der Waals surface area contributed by atoms with E-state index in [1.54, 1.807) is 6.20 Å². The molecule has 5 nitrogen and oxygen atoms in total. The van der Waals surface area contributed by atoms with E-state index in [2.05, 4.69) is 31.6 Å². The van der Waals surface area contributed by atoms with Gasteiger partial charge in [-0.3, -0.25) is 0 Å². The second kappa shape index (κ2) is 5.76. The van der Waals surface area contributed by atoms with Crippen LogP contribution >= 0.6 is 23.2 Å². The lowest BCUT2D eigenvalue weighted by Gasteiger charge is -2.35. The first kappa shape index (κ1) is 13.9. The summed E-state index contributed by atoms with van der Waals surface area (Å²) in [6.45, 7) is 3.99. The number of alkyl halides is 1. The lowest BCUT2D eigenvalue weighted by Crippen LogP contribution is -2.50. The summed E-state index contributed by atoms with van der Waals surface area (Å²) < 4.78 is 2.11. The van der Waals surface area contributed by atoms with Gasteiger partial charge in [0.25, 0.3) is 0 Å². The first-order chi connectivity index (χ1) is 9.69. The Morgan fingerprint density at radius 1 is 1.25 bits per heavy atom. The fraction of sp³-hybridized carbons (Fsp3) is 0.538. The molecule has 0 bridgehead atoms. The highest BCUT2D eigenvalue weighted by molar-refractivity contribution is 6.31. The number of likely N-dealkylation sites (N-methyl/N-ethyl adjacent to an activating group) is 1. The Kier molecular flexibility index (Phi) is 4.01. The molecule has 1 fully saturated rings. The lowest BCUT2D eigenvalue weighted by atomic mass is 10.4. The number of nitrogens with zero attached hydrogens (tertiary/aromatic N) is 5. The van der Waals surface area contributed by atoms with Crippen molar-refractivity contribution in [1.82, 2.24) is 19.5 Å². The molecular weight excluding hydrogens is 297 g/mol. The van der Waals surface area contributed by atoms with Crippen LogP contribution in [0.2, 0.25) is 5.02 Å². The molecule has 2 aromatic heterocycles. The van der Waals surface area contributed by atoms with Gasteiger partial charge in [-0.15, -0.1) is 11.6 Å². The summed E-state index contributed by atoms with van der Waals surface area (Å²) >= 11 is 11.9. The number of piperazine rings is 1. The minimum absolute atomic E-state index is 0.546. The summed E-state index contributed by atoms with van der Waals surface area (Å²) in [5, 5.41) is 2.90. The number of rotatable bonds is 3. The zero-order valence-corrected chi connectivity index (χ0v) is 12.9. The minimum Gasteiger partial charge on any atom is -0.307 e. The van der Waals surface area contributed by atoms with Crippen LogP contribution in [0.1, 0.15) is 5.82 Å². The highest BCUT2D eigenvalue weighted by Gasteiger charge is 2.20. The summed E-state index contributed by atoms with van der Waals surface area (Å²) in [7, 11) is 2.14. The van der Waals surface area contributed by atoms with Gasteiger partial charge in [-0.2, -0.15) is 0 Å². The highest BCUT2D eigenvalue weighted by atomic mass is 35.5. The maximum Gasteiger partial charge on any atom is 0.179 e. The van der Waals surface area contributed by atoms with E-state index in [-0.39, 0.29) is 0 Å². The second-order valence-electron chi connectivity index (χ2n) is 5.03. The van der Waals surface area contributed by atoms with Gasteiger partial charge >= 0.3 is 0 Å². The first-order valence-corrected chi connectivity index (χ1v) is 7.63. The number of aryl methyl sites for hydroxylation is 1. The predicted molar refractivity (Wildman–Crippen MR) is 82.4 cm³/mol. The molecule has 0 amide bonds. The Labute approximate surface area is 128 Å². The standard InChI is InChI=1S/C13H17Cl2N5/c1-18-4-6-19(7-5-18)20-12(2-3-14)17-11-8-10(15)9-16-13(11)20/h8-9H,2-7H2,1H3. The fourth-order valence-electron chi connectivity index (χ4n) is 2.51. The smallest absolute Gasteiger partial charge is 0.179 e. The van der Waals surface area contributed by atoms with Crippen LogP contribution in [0.4, 0.5) is 0 Å². The Hall–Kier alpha value is -1.04. The molecule has 0 aliphatic carbocycles. The van der Waals surface area contributed by atoms with Crippen molar-refractivity contribution in [3.63, 3.8) is 0 Å². The summed E-state index contributed by atoms with van der Waals surface area (Å²) in [5.74, 6) is 1.50. The maximum atomic E-state index is 6.00. The molecule has 1 aliphatic heterocycles. The molecule has 2 aromatic rings. The van der Waals surface area contributed by atoms with E-state index < -0.39 is 0 Å². The molecule has 0 spiro atoms. The summed E-state index contributed by atoms with van der Waals surface area (Å²) in [6, 6.07) is 1.86. The molecule has 3 heterocycles. The van der Waals surface area contributed by atoms with Crippen LogP contribution in [0, 0.1) is 0 Å². The van der Waals surface area contributed by atoms with Crippen LogP contribution < -0.4 is 5.01 Å². The number of halogens is 2. The van der Waals surface area contributed by atoms with Gasteiger partial charge in [0.1, 0.15) is 11.3 Å². The van der Waals surface area contributed by atoms with E-state index in [0.717, 1.165) is 49.6 Å². The van der Waals surface area contributed by atoms with E-state index in [1.807, 2.05) is 6.07 Å². The Morgan fingerprint density at radius 2 is 2.00 bits per heavy atom. The molecule has 20 heavy (non-hydrogen) atoms. The average Bonchev–Trinajstić information content (AvgIpc) is 2.77. The predicted octanol–water partition coefficient (Wildman–Crippen LogP) is 1.75. The van der Waals surface area contributed by atoms with E-state index >= 15 is 0 Å². The van der Waals surface area contributed by atoms with Gasteiger partial charge in [-0.1, -0.05) is 11.6 Å². The molecule has 108 valence electrons. The van der Waals surface area contributed by atoms with Gasteiger partial charge in [0, 0.05) is 44.7 Å². The fourth-order valence-corrected chi connectivity index (χ4v) is 2.84. The highest BCUT2D eigenvalue weighted by Crippen LogP contribution is 2.19. The normalized spacial score (nSPS) is 17.1. The number of fused-ring (bicyclic) bond motifs is 1. The van der Waals surface area contributed by atoms with Crippen molar-refractivity contribution in [3.8, 4) is 0 Å². The molecule has 0 atom stereocenters. The van der Waals surface area contributed by atoms with Crippen molar-refractivity contribution in [2.75, 3.05) is 44.1 Å². The molecule has 0 unspecified atom stereocenters. The first-order valence-electron chi connectivity index (χ1n) is 6.71. The van der Waals surface area contributed by atoms with Crippen molar-refractivity contribution >= 4 is 34.4 Å². The van der Waals surface area contributed by atoms with Crippen LogP contribution in [0.25, 0.3) is 11.2 Å². The monoisotopic (exact) mass is 313 g/mol. The molecule has 3 rings (SSSR count). The van der Waals surface area contributed by atoms with Crippen LogP contribution in [0.3, 0.4) is 0 Å². The third kappa shape index (κ3) is 2.57. The summed E-state index contributed by atoms with van der Waals surface area (Å²) in [5.41, 5.74) is 1.69. The van der Waals surface area contributed by atoms with Crippen molar-refractivity contribution in [2.24, 2.45) is 0 Å². The Bertz CT molecular complexity index is 604.